The second-order valence-electron chi connectivity index (χ2n) is 6.26. The van der Waals surface area contributed by atoms with Crippen LogP contribution < -0.4 is 10.2 Å². The van der Waals surface area contributed by atoms with Gasteiger partial charge in [-0.05, 0) is 37.1 Å². The van der Waals surface area contributed by atoms with E-state index in [1.807, 2.05) is 60.5 Å². The zero-order valence-electron chi connectivity index (χ0n) is 14.3. The Morgan fingerprint density at radius 3 is 2.36 bits per heavy atom. The van der Waals surface area contributed by atoms with Crippen LogP contribution in [0.3, 0.4) is 0 Å². The van der Waals surface area contributed by atoms with Gasteiger partial charge in [0.2, 0.25) is 0 Å². The highest BCUT2D eigenvalue weighted by Gasteiger charge is 2.41. The standard InChI is InChI=1S/C20H22N2O2S/c1-22(17-11-6-3-7-12-17)19(25)20(13-8-14-24-15-20)21-18(23)16-9-4-2-5-10-16/h2-7,9-12H,8,13-15H2,1H3,(H,21,23). The minimum Gasteiger partial charge on any atom is -0.379 e. The predicted octanol–water partition coefficient (Wildman–Crippen LogP) is 3.43. The summed E-state index contributed by atoms with van der Waals surface area (Å²) in [7, 11) is 1.93. The molecule has 1 N–H and O–H groups in total. The van der Waals surface area contributed by atoms with Gasteiger partial charge in [-0.3, -0.25) is 4.79 Å². The number of carbonyl (C=O) groups is 1. The van der Waals surface area contributed by atoms with Gasteiger partial charge in [-0.25, -0.2) is 0 Å². The summed E-state index contributed by atoms with van der Waals surface area (Å²) in [5.41, 5.74) is 0.939. The monoisotopic (exact) mass is 354 g/mol. The Bertz CT molecular complexity index is 728. The highest BCUT2D eigenvalue weighted by Crippen LogP contribution is 2.26. The Kier molecular flexibility index (Phi) is 5.46. The van der Waals surface area contributed by atoms with Crippen LogP contribution in [0, 0.1) is 0 Å². The lowest BCUT2D eigenvalue weighted by Crippen LogP contribution is -2.62. The quantitative estimate of drug-likeness (QED) is 0.854. The number of thiocarbonyl (C=S) groups is 1. The molecular formula is C20H22N2O2S. The molecular weight excluding hydrogens is 332 g/mol. The maximum absolute atomic E-state index is 12.7. The normalized spacial score (nSPS) is 19.9. The van der Waals surface area contributed by atoms with Crippen LogP contribution in [0.4, 0.5) is 5.69 Å². The average Bonchev–Trinajstić information content (AvgIpc) is 2.69. The fourth-order valence-electron chi connectivity index (χ4n) is 3.08. The number of carbonyl (C=O) groups excluding carboxylic acids is 1. The van der Waals surface area contributed by atoms with Crippen LogP contribution >= 0.6 is 12.2 Å². The molecule has 0 aliphatic carbocycles. The molecule has 1 saturated heterocycles. The van der Waals surface area contributed by atoms with E-state index in [9.17, 15) is 4.79 Å². The molecule has 0 spiro atoms. The summed E-state index contributed by atoms with van der Waals surface area (Å²) >= 11 is 5.79. The first-order valence-corrected chi connectivity index (χ1v) is 8.82. The summed E-state index contributed by atoms with van der Waals surface area (Å²) in [5, 5.41) is 3.15. The molecule has 130 valence electrons. The van der Waals surface area contributed by atoms with E-state index in [2.05, 4.69) is 5.32 Å². The number of nitrogens with zero attached hydrogens (tertiary/aromatic N) is 1. The van der Waals surface area contributed by atoms with Crippen molar-refractivity contribution in [3.63, 3.8) is 0 Å². The largest absolute Gasteiger partial charge is 0.379 e. The van der Waals surface area contributed by atoms with Gasteiger partial charge in [0, 0.05) is 24.9 Å². The summed E-state index contributed by atoms with van der Waals surface area (Å²) < 4.78 is 5.70. The van der Waals surface area contributed by atoms with Gasteiger partial charge in [-0.2, -0.15) is 0 Å². The van der Waals surface area contributed by atoms with E-state index in [-0.39, 0.29) is 5.91 Å². The molecule has 0 radical (unpaired) electrons. The zero-order valence-corrected chi connectivity index (χ0v) is 15.1. The van der Waals surface area contributed by atoms with Gasteiger partial charge in [-0.15, -0.1) is 0 Å². The first-order valence-electron chi connectivity index (χ1n) is 8.41. The number of benzene rings is 2. The SMILES string of the molecule is CN(C(=S)C1(NC(=O)c2ccccc2)CCCOC1)c1ccccc1. The first kappa shape index (κ1) is 17.6. The van der Waals surface area contributed by atoms with E-state index in [0.717, 1.165) is 18.5 Å². The molecule has 1 unspecified atom stereocenters. The second kappa shape index (κ2) is 7.76. The molecule has 3 rings (SSSR count). The van der Waals surface area contributed by atoms with Crippen molar-refractivity contribution in [3.8, 4) is 0 Å². The Morgan fingerprint density at radius 2 is 1.76 bits per heavy atom. The molecule has 1 heterocycles. The molecule has 0 bridgehead atoms. The highest BCUT2D eigenvalue weighted by atomic mass is 32.1. The lowest BCUT2D eigenvalue weighted by atomic mass is 9.90. The van der Waals surface area contributed by atoms with Crippen LogP contribution in [0.1, 0.15) is 23.2 Å². The van der Waals surface area contributed by atoms with Crippen molar-refractivity contribution < 1.29 is 9.53 Å². The molecule has 4 nitrogen and oxygen atoms in total. The summed E-state index contributed by atoms with van der Waals surface area (Å²) in [5.74, 6) is -0.130. The molecule has 0 aromatic heterocycles. The highest BCUT2D eigenvalue weighted by molar-refractivity contribution is 7.80. The Balaban J connectivity index is 1.85. The first-order chi connectivity index (χ1) is 12.1. The lowest BCUT2D eigenvalue weighted by molar-refractivity contribution is 0.0453. The van der Waals surface area contributed by atoms with Crippen molar-refractivity contribution in [2.75, 3.05) is 25.2 Å². The van der Waals surface area contributed by atoms with Gasteiger partial charge in [0.1, 0.15) is 10.5 Å². The van der Waals surface area contributed by atoms with Gasteiger partial charge >= 0.3 is 0 Å². The third-order valence-electron chi connectivity index (χ3n) is 4.49. The van der Waals surface area contributed by atoms with Gasteiger partial charge in [0.25, 0.3) is 5.91 Å². The maximum atomic E-state index is 12.7. The van der Waals surface area contributed by atoms with Crippen molar-refractivity contribution >= 4 is 28.8 Å². The number of anilines is 1. The number of para-hydroxylation sites is 1. The van der Waals surface area contributed by atoms with Crippen LogP contribution in [0.25, 0.3) is 0 Å². The molecule has 2 aromatic rings. The predicted molar refractivity (Wildman–Crippen MR) is 104 cm³/mol. The summed E-state index contributed by atoms with van der Waals surface area (Å²) in [6, 6.07) is 19.1. The molecule has 1 aliphatic heterocycles. The maximum Gasteiger partial charge on any atom is 0.252 e. The van der Waals surface area contributed by atoms with Gasteiger partial charge in [0.15, 0.2) is 0 Å². The number of rotatable bonds is 4. The molecule has 25 heavy (non-hydrogen) atoms. The van der Waals surface area contributed by atoms with E-state index in [0.29, 0.717) is 23.8 Å². The van der Waals surface area contributed by atoms with Crippen LogP contribution in [-0.2, 0) is 4.74 Å². The fraction of sp³-hybridized carbons (Fsp3) is 0.300. The van der Waals surface area contributed by atoms with Crippen LogP contribution in [-0.4, -0.2) is 36.7 Å². The third kappa shape index (κ3) is 3.89. The molecule has 1 aliphatic rings. The number of amides is 1. The van der Waals surface area contributed by atoms with Crippen LogP contribution in [0.15, 0.2) is 60.7 Å². The third-order valence-corrected chi connectivity index (χ3v) is 5.15. The van der Waals surface area contributed by atoms with Crippen molar-refractivity contribution in [1.82, 2.24) is 5.32 Å². The van der Waals surface area contributed by atoms with Gasteiger partial charge in [-0.1, -0.05) is 48.6 Å². The van der Waals surface area contributed by atoms with E-state index >= 15 is 0 Å². The second-order valence-corrected chi connectivity index (χ2v) is 6.64. The lowest BCUT2D eigenvalue weighted by Gasteiger charge is -2.41. The molecule has 1 amide bonds. The molecule has 5 heteroatoms. The average molecular weight is 354 g/mol. The molecule has 2 aromatic carbocycles. The summed E-state index contributed by atoms with van der Waals surface area (Å²) in [6.45, 7) is 1.09. The summed E-state index contributed by atoms with van der Waals surface area (Å²) in [4.78, 5) is 15.4. The van der Waals surface area contributed by atoms with Crippen molar-refractivity contribution in [2.45, 2.75) is 18.4 Å². The minimum atomic E-state index is -0.675. The van der Waals surface area contributed by atoms with Crippen LogP contribution in [0.5, 0.6) is 0 Å². The smallest absolute Gasteiger partial charge is 0.252 e. The molecule has 1 fully saturated rings. The van der Waals surface area contributed by atoms with E-state index in [1.165, 1.54) is 0 Å². The van der Waals surface area contributed by atoms with Gasteiger partial charge in [0.05, 0.1) is 6.61 Å². The Hall–Kier alpha value is -2.24. The topological polar surface area (TPSA) is 41.6 Å². The number of hydrogen-bond acceptors (Lipinski definition) is 3. The fourth-order valence-corrected chi connectivity index (χ4v) is 3.40. The van der Waals surface area contributed by atoms with E-state index in [1.54, 1.807) is 12.1 Å². The number of ether oxygens (including phenoxy) is 1. The van der Waals surface area contributed by atoms with Gasteiger partial charge < -0.3 is 15.0 Å². The molecule has 1 atom stereocenters. The number of likely N-dealkylation sites (N-methyl/N-ethyl adjacent to an activating group) is 1. The van der Waals surface area contributed by atoms with Crippen molar-refractivity contribution in [3.05, 3.63) is 66.2 Å². The summed E-state index contributed by atoms with van der Waals surface area (Å²) in [6.07, 6.45) is 1.62. The molecule has 0 saturated carbocycles. The van der Waals surface area contributed by atoms with E-state index in [4.69, 9.17) is 17.0 Å². The van der Waals surface area contributed by atoms with Crippen LogP contribution in [0.2, 0.25) is 0 Å². The number of hydrogen-bond donors (Lipinski definition) is 1. The minimum absolute atomic E-state index is 0.130. The Labute approximate surface area is 153 Å². The zero-order chi connectivity index (χ0) is 17.7. The number of nitrogens with one attached hydrogen (secondary N) is 1. The van der Waals surface area contributed by atoms with Crippen molar-refractivity contribution in [2.24, 2.45) is 0 Å². The Morgan fingerprint density at radius 1 is 1.12 bits per heavy atom. The van der Waals surface area contributed by atoms with E-state index < -0.39 is 5.54 Å². The van der Waals surface area contributed by atoms with Crippen molar-refractivity contribution in [1.29, 1.82) is 0 Å².